The first kappa shape index (κ1) is 14.8. The van der Waals surface area contributed by atoms with Crippen LogP contribution in [0.5, 0.6) is 5.75 Å². The van der Waals surface area contributed by atoms with Gasteiger partial charge >= 0.3 is 11.7 Å². The lowest BCUT2D eigenvalue weighted by Gasteiger charge is -2.17. The number of carboxylic acids is 1. The van der Waals surface area contributed by atoms with Crippen molar-refractivity contribution in [2.24, 2.45) is 5.92 Å². The number of nitrogens with zero attached hydrogens (tertiary/aromatic N) is 2. The minimum atomic E-state index is -0.948. The molecule has 2 rings (SSSR count). The fourth-order valence-corrected chi connectivity index (χ4v) is 2.37. The van der Waals surface area contributed by atoms with Crippen molar-refractivity contribution in [3.8, 4) is 5.75 Å². The van der Waals surface area contributed by atoms with Gasteiger partial charge in [0.05, 0.1) is 23.5 Å². The number of likely N-dealkylation sites (tertiary alicyclic amines) is 1. The van der Waals surface area contributed by atoms with Gasteiger partial charge in [-0.2, -0.15) is 0 Å². The van der Waals surface area contributed by atoms with Gasteiger partial charge in [0.25, 0.3) is 5.91 Å². The fourth-order valence-electron chi connectivity index (χ4n) is 2.37. The van der Waals surface area contributed by atoms with Crippen molar-refractivity contribution < 1.29 is 24.4 Å². The predicted octanol–water partition coefficient (Wildman–Crippen LogP) is 1.15. The number of rotatable bonds is 4. The summed E-state index contributed by atoms with van der Waals surface area (Å²) < 4.78 is 4.99. The van der Waals surface area contributed by atoms with Crippen LogP contribution in [0.15, 0.2) is 18.2 Å². The zero-order valence-corrected chi connectivity index (χ0v) is 11.3. The largest absolute Gasteiger partial charge is 0.490 e. The van der Waals surface area contributed by atoms with Crippen LogP contribution in [-0.4, -0.2) is 47.0 Å². The molecule has 0 bridgehead atoms. The number of hydrogen-bond donors (Lipinski definition) is 1. The van der Waals surface area contributed by atoms with Crippen LogP contribution >= 0.6 is 0 Å². The molecule has 0 aliphatic carbocycles. The van der Waals surface area contributed by atoms with Crippen LogP contribution in [0, 0.1) is 16.0 Å². The highest BCUT2D eigenvalue weighted by molar-refractivity contribution is 5.98. The number of benzene rings is 1. The molecule has 0 radical (unpaired) electrons. The van der Waals surface area contributed by atoms with E-state index in [0.29, 0.717) is 13.0 Å². The summed E-state index contributed by atoms with van der Waals surface area (Å²) in [4.78, 5) is 35.0. The van der Waals surface area contributed by atoms with Crippen molar-refractivity contribution in [1.82, 2.24) is 4.90 Å². The van der Waals surface area contributed by atoms with Crippen LogP contribution in [0.3, 0.4) is 0 Å². The topological polar surface area (TPSA) is 110 Å². The minimum Gasteiger partial charge on any atom is -0.490 e. The quantitative estimate of drug-likeness (QED) is 0.659. The highest BCUT2D eigenvalue weighted by Gasteiger charge is 2.33. The van der Waals surface area contributed by atoms with Gasteiger partial charge in [-0.1, -0.05) is 6.07 Å². The van der Waals surface area contributed by atoms with E-state index in [0.717, 1.165) is 0 Å². The number of nitro benzene ring substituents is 1. The third kappa shape index (κ3) is 2.78. The number of ether oxygens (including phenoxy) is 1. The van der Waals surface area contributed by atoms with E-state index in [9.17, 15) is 19.7 Å². The fraction of sp³-hybridized carbons (Fsp3) is 0.385. The van der Waals surface area contributed by atoms with Crippen LogP contribution in [0.4, 0.5) is 5.69 Å². The lowest BCUT2D eigenvalue weighted by molar-refractivity contribution is -0.385. The molecule has 1 unspecified atom stereocenters. The number of methoxy groups -OCH3 is 1. The number of carbonyl (C=O) groups is 2. The molecule has 1 aromatic carbocycles. The number of para-hydroxylation sites is 1. The van der Waals surface area contributed by atoms with Crippen LogP contribution in [0.2, 0.25) is 0 Å². The monoisotopic (exact) mass is 294 g/mol. The third-order valence-corrected chi connectivity index (χ3v) is 3.45. The summed E-state index contributed by atoms with van der Waals surface area (Å²) >= 11 is 0. The third-order valence-electron chi connectivity index (χ3n) is 3.45. The molecule has 0 spiro atoms. The Balaban J connectivity index is 2.30. The van der Waals surface area contributed by atoms with E-state index < -0.39 is 22.7 Å². The van der Waals surface area contributed by atoms with Crippen molar-refractivity contribution in [1.29, 1.82) is 0 Å². The highest BCUT2D eigenvalue weighted by atomic mass is 16.6. The van der Waals surface area contributed by atoms with Crippen LogP contribution in [0.25, 0.3) is 0 Å². The Kier molecular flexibility index (Phi) is 4.06. The van der Waals surface area contributed by atoms with Crippen molar-refractivity contribution in [3.63, 3.8) is 0 Å². The molecule has 1 aliphatic rings. The summed E-state index contributed by atoms with van der Waals surface area (Å²) in [5.41, 5.74) is -0.227. The lowest BCUT2D eigenvalue weighted by atomic mass is 10.1. The smallest absolute Gasteiger partial charge is 0.311 e. The number of carbonyl (C=O) groups excluding carboxylic acids is 1. The van der Waals surface area contributed by atoms with Gasteiger partial charge in [0.2, 0.25) is 5.75 Å². The summed E-state index contributed by atoms with van der Waals surface area (Å²) in [7, 11) is 1.25. The van der Waals surface area contributed by atoms with Gasteiger partial charge in [-0.15, -0.1) is 0 Å². The average molecular weight is 294 g/mol. The van der Waals surface area contributed by atoms with Gasteiger partial charge in [0.1, 0.15) is 0 Å². The molecule has 1 saturated heterocycles. The Morgan fingerprint density at radius 3 is 2.71 bits per heavy atom. The predicted molar refractivity (Wildman–Crippen MR) is 71.3 cm³/mol. The molecule has 1 atom stereocenters. The molecule has 0 aromatic heterocycles. The number of amides is 1. The Morgan fingerprint density at radius 2 is 2.19 bits per heavy atom. The minimum absolute atomic E-state index is 0.0674. The van der Waals surface area contributed by atoms with Gasteiger partial charge in [-0.05, 0) is 12.5 Å². The van der Waals surface area contributed by atoms with Crippen LogP contribution < -0.4 is 4.74 Å². The molecular weight excluding hydrogens is 280 g/mol. The molecule has 8 nitrogen and oxygen atoms in total. The zero-order chi connectivity index (χ0) is 15.6. The van der Waals surface area contributed by atoms with E-state index in [1.165, 1.54) is 30.2 Å². The second kappa shape index (κ2) is 5.78. The maximum absolute atomic E-state index is 12.4. The highest BCUT2D eigenvalue weighted by Crippen LogP contribution is 2.32. The van der Waals surface area contributed by atoms with E-state index >= 15 is 0 Å². The first-order valence-corrected chi connectivity index (χ1v) is 6.29. The Bertz CT molecular complexity index is 600. The SMILES string of the molecule is COc1c(C(=O)N2CCC(C(=O)O)C2)cccc1[N+](=O)[O-]. The van der Waals surface area contributed by atoms with Crippen molar-refractivity contribution >= 4 is 17.6 Å². The van der Waals surface area contributed by atoms with E-state index in [1.807, 2.05) is 0 Å². The van der Waals surface area contributed by atoms with Gasteiger partial charge in [-0.3, -0.25) is 19.7 Å². The molecule has 8 heteroatoms. The molecule has 1 heterocycles. The maximum atomic E-state index is 12.4. The summed E-state index contributed by atoms with van der Waals surface area (Å²) in [6, 6.07) is 4.08. The maximum Gasteiger partial charge on any atom is 0.311 e. The standard InChI is InChI=1S/C13H14N2O6/c1-21-11-9(3-2-4-10(11)15(19)20)12(16)14-6-5-8(7-14)13(17)18/h2-4,8H,5-7H2,1H3,(H,17,18). The second-order valence-corrected chi connectivity index (χ2v) is 4.69. The molecule has 1 amide bonds. The van der Waals surface area contributed by atoms with E-state index in [-0.39, 0.29) is 23.5 Å². The molecule has 1 aliphatic heterocycles. The number of nitro groups is 1. The molecule has 0 saturated carbocycles. The molecule has 1 fully saturated rings. The summed E-state index contributed by atoms with van der Waals surface area (Å²) in [6.07, 6.45) is 0.373. The van der Waals surface area contributed by atoms with Gasteiger partial charge in [-0.25, -0.2) is 0 Å². The molecule has 21 heavy (non-hydrogen) atoms. The normalized spacial score (nSPS) is 17.6. The van der Waals surface area contributed by atoms with E-state index in [1.54, 1.807) is 0 Å². The zero-order valence-electron chi connectivity index (χ0n) is 11.3. The first-order chi connectivity index (χ1) is 9.95. The van der Waals surface area contributed by atoms with Crippen molar-refractivity contribution in [2.45, 2.75) is 6.42 Å². The summed E-state index contributed by atoms with van der Waals surface area (Å²) in [5, 5.41) is 19.9. The summed E-state index contributed by atoms with van der Waals surface area (Å²) in [6.45, 7) is 0.404. The number of carboxylic acid groups (broad SMARTS) is 1. The first-order valence-electron chi connectivity index (χ1n) is 6.29. The number of aliphatic carboxylic acids is 1. The Hall–Kier alpha value is -2.64. The summed E-state index contributed by atoms with van der Waals surface area (Å²) in [5.74, 6) is -2.11. The van der Waals surface area contributed by atoms with Gasteiger partial charge in [0.15, 0.2) is 0 Å². The van der Waals surface area contributed by atoms with Crippen molar-refractivity contribution in [2.75, 3.05) is 20.2 Å². The van der Waals surface area contributed by atoms with Crippen molar-refractivity contribution in [3.05, 3.63) is 33.9 Å². The second-order valence-electron chi connectivity index (χ2n) is 4.69. The molecular formula is C13H14N2O6. The molecule has 1 aromatic rings. The molecule has 1 N–H and O–H groups in total. The van der Waals surface area contributed by atoms with Gasteiger partial charge in [0, 0.05) is 19.2 Å². The van der Waals surface area contributed by atoms with E-state index in [4.69, 9.17) is 9.84 Å². The number of hydrogen-bond acceptors (Lipinski definition) is 5. The van der Waals surface area contributed by atoms with Gasteiger partial charge < -0.3 is 14.7 Å². The average Bonchev–Trinajstić information content (AvgIpc) is 2.95. The van der Waals surface area contributed by atoms with Crippen LogP contribution in [0.1, 0.15) is 16.8 Å². The Morgan fingerprint density at radius 1 is 1.48 bits per heavy atom. The molecule has 112 valence electrons. The lowest BCUT2D eigenvalue weighted by Crippen LogP contribution is -2.30. The van der Waals surface area contributed by atoms with E-state index in [2.05, 4.69) is 0 Å². The van der Waals surface area contributed by atoms with Crippen LogP contribution in [-0.2, 0) is 4.79 Å². The Labute approximate surface area is 120 Å².